The lowest BCUT2D eigenvalue weighted by Gasteiger charge is -2.08. The summed E-state index contributed by atoms with van der Waals surface area (Å²) in [4.78, 5) is 2.17. The average molecular weight is 274 g/mol. The minimum Gasteiger partial charge on any atom is -0.192 e. The molecule has 0 atom stereocenters. The van der Waals surface area contributed by atoms with Crippen LogP contribution in [0.2, 0.25) is 5.02 Å². The number of benzene rings is 2. The SMILES string of the molecule is Cc1ccc(C)c(Sc2ccc(C#N)cc2Cl)c1. The Bertz CT molecular complexity index is 629. The average Bonchev–Trinajstić information content (AvgIpc) is 2.36. The molecule has 0 amide bonds. The molecule has 0 aromatic heterocycles. The predicted molar refractivity (Wildman–Crippen MR) is 76.2 cm³/mol. The van der Waals surface area contributed by atoms with Crippen LogP contribution >= 0.6 is 23.4 Å². The van der Waals surface area contributed by atoms with Crippen molar-refractivity contribution < 1.29 is 0 Å². The maximum atomic E-state index is 8.81. The van der Waals surface area contributed by atoms with E-state index in [-0.39, 0.29) is 0 Å². The zero-order valence-corrected chi connectivity index (χ0v) is 11.8. The van der Waals surface area contributed by atoms with Gasteiger partial charge in [-0.1, -0.05) is 35.5 Å². The standard InChI is InChI=1S/C15H12ClNS/c1-10-3-4-11(2)15(7-10)18-14-6-5-12(9-17)8-13(14)16/h3-8H,1-2H3. The van der Waals surface area contributed by atoms with Crippen LogP contribution in [0.25, 0.3) is 0 Å². The molecule has 0 unspecified atom stereocenters. The third-order valence-corrected chi connectivity index (χ3v) is 4.28. The highest BCUT2D eigenvalue weighted by Crippen LogP contribution is 2.35. The maximum absolute atomic E-state index is 8.81. The van der Waals surface area contributed by atoms with Crippen molar-refractivity contribution in [2.45, 2.75) is 23.6 Å². The van der Waals surface area contributed by atoms with E-state index in [4.69, 9.17) is 16.9 Å². The van der Waals surface area contributed by atoms with E-state index in [0.29, 0.717) is 10.6 Å². The quantitative estimate of drug-likeness (QED) is 0.770. The fraction of sp³-hybridized carbons (Fsp3) is 0.133. The van der Waals surface area contributed by atoms with Gasteiger partial charge in [0.05, 0.1) is 16.7 Å². The van der Waals surface area contributed by atoms with E-state index in [1.165, 1.54) is 16.0 Å². The van der Waals surface area contributed by atoms with Gasteiger partial charge in [0, 0.05) is 9.79 Å². The molecular weight excluding hydrogens is 262 g/mol. The monoisotopic (exact) mass is 273 g/mol. The van der Waals surface area contributed by atoms with Crippen LogP contribution in [0.4, 0.5) is 0 Å². The van der Waals surface area contributed by atoms with Crippen molar-refractivity contribution in [1.82, 2.24) is 0 Å². The molecule has 0 heterocycles. The Morgan fingerprint density at radius 2 is 1.83 bits per heavy atom. The second kappa shape index (κ2) is 5.48. The zero-order chi connectivity index (χ0) is 13.1. The van der Waals surface area contributed by atoms with Crippen LogP contribution in [0, 0.1) is 25.2 Å². The van der Waals surface area contributed by atoms with E-state index in [9.17, 15) is 0 Å². The van der Waals surface area contributed by atoms with Crippen molar-refractivity contribution in [1.29, 1.82) is 5.26 Å². The van der Waals surface area contributed by atoms with Gasteiger partial charge < -0.3 is 0 Å². The Kier molecular flexibility index (Phi) is 3.96. The van der Waals surface area contributed by atoms with Crippen LogP contribution in [0.3, 0.4) is 0 Å². The Labute approximate surface area is 116 Å². The zero-order valence-electron chi connectivity index (χ0n) is 10.2. The molecule has 2 rings (SSSR count). The summed E-state index contributed by atoms with van der Waals surface area (Å²) in [6.45, 7) is 4.16. The second-order valence-electron chi connectivity index (χ2n) is 4.13. The van der Waals surface area contributed by atoms with Crippen LogP contribution in [0.15, 0.2) is 46.2 Å². The molecule has 0 saturated heterocycles. The van der Waals surface area contributed by atoms with Gasteiger partial charge in [0.2, 0.25) is 0 Å². The molecular formula is C15H12ClNS. The number of rotatable bonds is 2. The molecule has 0 N–H and O–H groups in total. The molecule has 3 heteroatoms. The van der Waals surface area contributed by atoms with E-state index >= 15 is 0 Å². The highest BCUT2D eigenvalue weighted by atomic mass is 35.5. The molecule has 0 aliphatic carbocycles. The number of halogens is 1. The minimum atomic E-state index is 0.588. The molecule has 0 aliphatic heterocycles. The molecule has 2 aromatic carbocycles. The Morgan fingerprint density at radius 1 is 1.06 bits per heavy atom. The van der Waals surface area contributed by atoms with Crippen molar-refractivity contribution in [2.24, 2.45) is 0 Å². The van der Waals surface area contributed by atoms with Crippen molar-refractivity contribution in [3.05, 3.63) is 58.1 Å². The summed E-state index contributed by atoms with van der Waals surface area (Å²) >= 11 is 7.81. The predicted octanol–water partition coefficient (Wildman–Crippen LogP) is 4.98. The molecule has 2 aromatic rings. The van der Waals surface area contributed by atoms with E-state index in [0.717, 1.165) is 4.90 Å². The van der Waals surface area contributed by atoms with Gasteiger partial charge in [-0.3, -0.25) is 0 Å². The minimum absolute atomic E-state index is 0.588. The Balaban J connectivity index is 2.34. The fourth-order valence-electron chi connectivity index (χ4n) is 1.59. The van der Waals surface area contributed by atoms with Crippen molar-refractivity contribution in [3.8, 4) is 6.07 Å². The number of nitrogens with zero attached hydrogens (tertiary/aromatic N) is 1. The van der Waals surface area contributed by atoms with Gasteiger partial charge in [-0.2, -0.15) is 5.26 Å². The van der Waals surface area contributed by atoms with E-state index in [1.807, 2.05) is 6.07 Å². The number of aryl methyl sites for hydroxylation is 2. The van der Waals surface area contributed by atoms with Gasteiger partial charge in [-0.05, 0) is 49.2 Å². The summed E-state index contributed by atoms with van der Waals surface area (Å²) in [6.07, 6.45) is 0. The van der Waals surface area contributed by atoms with Gasteiger partial charge >= 0.3 is 0 Å². The first kappa shape index (κ1) is 13.0. The lowest BCUT2D eigenvalue weighted by molar-refractivity contribution is 1.25. The summed E-state index contributed by atoms with van der Waals surface area (Å²) in [5.41, 5.74) is 3.05. The highest BCUT2D eigenvalue weighted by Gasteiger charge is 2.06. The van der Waals surface area contributed by atoms with Gasteiger partial charge in [-0.15, -0.1) is 0 Å². The van der Waals surface area contributed by atoms with Gasteiger partial charge in [-0.25, -0.2) is 0 Å². The largest absolute Gasteiger partial charge is 0.192 e. The summed E-state index contributed by atoms with van der Waals surface area (Å²) in [5, 5.41) is 9.43. The molecule has 0 radical (unpaired) electrons. The van der Waals surface area contributed by atoms with Crippen molar-refractivity contribution >= 4 is 23.4 Å². The smallest absolute Gasteiger partial charge is 0.0992 e. The molecule has 0 saturated carbocycles. The molecule has 0 aliphatic rings. The van der Waals surface area contributed by atoms with Crippen LogP contribution in [0.5, 0.6) is 0 Å². The Morgan fingerprint density at radius 3 is 2.50 bits per heavy atom. The van der Waals surface area contributed by atoms with Crippen LogP contribution in [0.1, 0.15) is 16.7 Å². The Hall–Kier alpha value is -1.43. The van der Waals surface area contributed by atoms with Gasteiger partial charge in [0.25, 0.3) is 0 Å². The summed E-state index contributed by atoms with van der Waals surface area (Å²) in [6, 6.07) is 13.8. The number of hydrogen-bond donors (Lipinski definition) is 0. The van der Waals surface area contributed by atoms with Crippen molar-refractivity contribution in [3.63, 3.8) is 0 Å². The summed E-state index contributed by atoms with van der Waals surface area (Å²) in [7, 11) is 0. The topological polar surface area (TPSA) is 23.8 Å². The van der Waals surface area contributed by atoms with Crippen LogP contribution < -0.4 is 0 Å². The molecule has 18 heavy (non-hydrogen) atoms. The maximum Gasteiger partial charge on any atom is 0.0992 e. The first-order valence-electron chi connectivity index (χ1n) is 5.55. The number of hydrogen-bond acceptors (Lipinski definition) is 2. The number of nitriles is 1. The van der Waals surface area contributed by atoms with Crippen LogP contribution in [-0.4, -0.2) is 0 Å². The third-order valence-electron chi connectivity index (χ3n) is 2.62. The summed E-state index contributed by atoms with van der Waals surface area (Å²) in [5.74, 6) is 0. The fourth-order valence-corrected chi connectivity index (χ4v) is 2.89. The second-order valence-corrected chi connectivity index (χ2v) is 5.62. The van der Waals surface area contributed by atoms with Crippen molar-refractivity contribution in [2.75, 3.05) is 0 Å². The molecule has 0 fully saturated rings. The molecule has 90 valence electrons. The van der Waals surface area contributed by atoms with E-state index in [2.05, 4.69) is 38.1 Å². The lowest BCUT2D eigenvalue weighted by Crippen LogP contribution is -1.83. The molecule has 1 nitrogen and oxygen atoms in total. The van der Waals surface area contributed by atoms with E-state index in [1.54, 1.807) is 23.9 Å². The van der Waals surface area contributed by atoms with Gasteiger partial charge in [0.15, 0.2) is 0 Å². The lowest BCUT2D eigenvalue weighted by atomic mass is 10.2. The molecule has 0 spiro atoms. The third kappa shape index (κ3) is 2.87. The van der Waals surface area contributed by atoms with E-state index < -0.39 is 0 Å². The first-order valence-corrected chi connectivity index (χ1v) is 6.74. The summed E-state index contributed by atoms with van der Waals surface area (Å²) < 4.78 is 0. The van der Waals surface area contributed by atoms with Crippen LogP contribution in [-0.2, 0) is 0 Å². The molecule has 0 bridgehead atoms. The highest BCUT2D eigenvalue weighted by molar-refractivity contribution is 7.99. The normalized spacial score (nSPS) is 10.1. The van der Waals surface area contributed by atoms with Gasteiger partial charge in [0.1, 0.15) is 0 Å². The first-order chi connectivity index (χ1) is 8.60.